The number of aliphatic hydroxyl groups excluding tert-OH is 1. The first-order valence-corrected chi connectivity index (χ1v) is 10.4. The van der Waals surface area contributed by atoms with Gasteiger partial charge >= 0.3 is 6.18 Å². The van der Waals surface area contributed by atoms with Crippen LogP contribution in [-0.4, -0.2) is 31.7 Å². The van der Waals surface area contributed by atoms with Crippen molar-refractivity contribution >= 4 is 23.0 Å². The van der Waals surface area contributed by atoms with Gasteiger partial charge < -0.3 is 10.4 Å². The molecule has 0 aliphatic carbocycles. The highest BCUT2D eigenvalue weighted by molar-refractivity contribution is 6.17. The Labute approximate surface area is 188 Å². The molecule has 1 aliphatic heterocycles. The van der Waals surface area contributed by atoms with Gasteiger partial charge in [-0.15, -0.1) is 5.10 Å². The van der Waals surface area contributed by atoms with Crippen LogP contribution in [0.2, 0.25) is 0 Å². The fraction of sp³-hybridized carbons (Fsp3) is 0.304. The number of aromatic nitrogens is 3. The van der Waals surface area contributed by atoms with Crippen LogP contribution < -0.4 is 5.32 Å². The third-order valence-corrected chi connectivity index (χ3v) is 5.68. The summed E-state index contributed by atoms with van der Waals surface area (Å²) < 4.78 is 42.6. The molecule has 1 aromatic heterocycles. The molecule has 1 amide bonds. The Kier molecular flexibility index (Phi) is 6.03. The molecule has 4 rings (SSSR count). The molecule has 0 radical (unpaired) electrons. The van der Waals surface area contributed by atoms with Crippen LogP contribution in [0, 0.1) is 0 Å². The number of aliphatic hydroxyl groups is 1. The standard InChI is InChI=1S/C23H22F3N5O2/c1-3-13(2)17-8-20-21(9-18(17)23(24,25)26)29-22(33)10-19(28-20)14-5-4-6-15(7-14)31-16(12-32)11-27-30-31/h4-9,11,13,32H,3,10,12H2,1-2H3,(H,29,33). The van der Waals surface area contributed by atoms with Gasteiger partial charge in [-0.2, -0.15) is 13.2 Å². The highest BCUT2D eigenvalue weighted by Crippen LogP contribution is 2.42. The molecule has 0 bridgehead atoms. The van der Waals surface area contributed by atoms with E-state index >= 15 is 0 Å². The molecule has 33 heavy (non-hydrogen) atoms. The number of aliphatic imine (C=N–C) groups is 1. The van der Waals surface area contributed by atoms with Crippen molar-refractivity contribution in [2.45, 2.75) is 45.4 Å². The molecule has 3 aromatic rings. The van der Waals surface area contributed by atoms with Gasteiger partial charge in [0.1, 0.15) is 0 Å². The van der Waals surface area contributed by atoms with E-state index in [1.54, 1.807) is 31.2 Å². The maximum atomic E-state index is 13.7. The fourth-order valence-electron chi connectivity index (χ4n) is 3.77. The summed E-state index contributed by atoms with van der Waals surface area (Å²) in [5, 5.41) is 19.8. The molecule has 10 heteroatoms. The number of nitrogens with one attached hydrogen (secondary N) is 1. The summed E-state index contributed by atoms with van der Waals surface area (Å²) in [5.74, 6) is -0.795. The Hall–Kier alpha value is -3.53. The van der Waals surface area contributed by atoms with Crippen molar-refractivity contribution in [2.75, 3.05) is 5.32 Å². The number of benzene rings is 2. The first kappa shape index (κ1) is 22.7. The summed E-state index contributed by atoms with van der Waals surface area (Å²) in [4.78, 5) is 17.1. The maximum absolute atomic E-state index is 13.7. The van der Waals surface area contributed by atoms with Crippen molar-refractivity contribution in [1.82, 2.24) is 15.0 Å². The molecule has 2 heterocycles. The summed E-state index contributed by atoms with van der Waals surface area (Å²) in [6.45, 7) is 3.30. The topological polar surface area (TPSA) is 92.4 Å². The fourth-order valence-corrected chi connectivity index (χ4v) is 3.77. The van der Waals surface area contributed by atoms with E-state index < -0.39 is 17.6 Å². The number of fused-ring (bicyclic) bond motifs is 1. The van der Waals surface area contributed by atoms with Crippen LogP contribution in [-0.2, 0) is 17.6 Å². The van der Waals surface area contributed by atoms with E-state index in [-0.39, 0.29) is 35.9 Å². The molecule has 1 unspecified atom stereocenters. The predicted molar refractivity (Wildman–Crippen MR) is 117 cm³/mol. The van der Waals surface area contributed by atoms with E-state index in [9.17, 15) is 23.1 Å². The normalized spacial score (nSPS) is 14.8. The number of carbonyl (C=O) groups is 1. The predicted octanol–water partition coefficient (Wildman–Crippen LogP) is 4.75. The van der Waals surface area contributed by atoms with E-state index in [1.165, 1.54) is 16.9 Å². The summed E-state index contributed by atoms with van der Waals surface area (Å²) >= 11 is 0. The number of halogens is 3. The average molecular weight is 457 g/mol. The lowest BCUT2D eigenvalue weighted by atomic mass is 9.92. The number of amides is 1. The molecule has 2 N–H and O–H groups in total. The van der Waals surface area contributed by atoms with Crippen LogP contribution in [0.15, 0.2) is 47.6 Å². The molecular weight excluding hydrogens is 435 g/mol. The van der Waals surface area contributed by atoms with E-state index in [2.05, 4.69) is 20.6 Å². The highest BCUT2D eigenvalue weighted by Gasteiger charge is 2.36. The van der Waals surface area contributed by atoms with Crippen LogP contribution in [0.5, 0.6) is 0 Å². The van der Waals surface area contributed by atoms with Gasteiger partial charge in [0.05, 0.1) is 53.3 Å². The van der Waals surface area contributed by atoms with Gasteiger partial charge in [-0.3, -0.25) is 9.79 Å². The number of hydrogen-bond acceptors (Lipinski definition) is 5. The Morgan fingerprint density at radius 2 is 2.03 bits per heavy atom. The lowest BCUT2D eigenvalue weighted by molar-refractivity contribution is -0.138. The van der Waals surface area contributed by atoms with Crippen molar-refractivity contribution in [3.8, 4) is 5.69 Å². The monoisotopic (exact) mass is 457 g/mol. The zero-order chi connectivity index (χ0) is 23.8. The van der Waals surface area contributed by atoms with Crippen molar-refractivity contribution in [3.63, 3.8) is 0 Å². The number of anilines is 1. The van der Waals surface area contributed by atoms with Crippen LogP contribution in [0.25, 0.3) is 5.69 Å². The van der Waals surface area contributed by atoms with Gasteiger partial charge in [0.2, 0.25) is 5.91 Å². The van der Waals surface area contributed by atoms with Gasteiger partial charge in [-0.25, -0.2) is 4.68 Å². The molecule has 7 nitrogen and oxygen atoms in total. The van der Waals surface area contributed by atoms with Crippen LogP contribution >= 0.6 is 0 Å². The zero-order valence-electron chi connectivity index (χ0n) is 18.0. The van der Waals surface area contributed by atoms with Crippen molar-refractivity contribution < 1.29 is 23.1 Å². The zero-order valence-corrected chi connectivity index (χ0v) is 18.0. The quantitative estimate of drug-likeness (QED) is 0.578. The second-order valence-corrected chi connectivity index (χ2v) is 7.89. The summed E-state index contributed by atoms with van der Waals surface area (Å²) in [7, 11) is 0. The molecular formula is C23H22F3N5O2. The largest absolute Gasteiger partial charge is 0.416 e. The van der Waals surface area contributed by atoms with E-state index in [0.717, 1.165) is 6.07 Å². The Morgan fingerprint density at radius 3 is 2.73 bits per heavy atom. The number of carbonyl (C=O) groups excluding carboxylic acids is 1. The maximum Gasteiger partial charge on any atom is 0.416 e. The average Bonchev–Trinajstić information content (AvgIpc) is 3.20. The smallest absolute Gasteiger partial charge is 0.390 e. The second kappa shape index (κ2) is 8.78. The third kappa shape index (κ3) is 4.51. The van der Waals surface area contributed by atoms with Crippen LogP contribution in [0.3, 0.4) is 0 Å². The number of alkyl halides is 3. The van der Waals surface area contributed by atoms with Gasteiger partial charge in [0, 0.05) is 0 Å². The minimum absolute atomic E-state index is 0.0318. The number of nitrogens with zero attached hydrogens (tertiary/aromatic N) is 4. The first-order valence-electron chi connectivity index (χ1n) is 10.4. The van der Waals surface area contributed by atoms with Gasteiger partial charge in [0.15, 0.2) is 0 Å². The van der Waals surface area contributed by atoms with Gasteiger partial charge in [0.25, 0.3) is 0 Å². The summed E-state index contributed by atoms with van der Waals surface area (Å²) in [5.41, 5.74) is 1.80. The minimum Gasteiger partial charge on any atom is -0.390 e. The Bertz CT molecular complexity index is 1230. The summed E-state index contributed by atoms with van der Waals surface area (Å²) in [6, 6.07) is 9.40. The first-order chi connectivity index (χ1) is 15.7. The van der Waals surface area contributed by atoms with E-state index in [0.29, 0.717) is 29.1 Å². The van der Waals surface area contributed by atoms with Crippen molar-refractivity contribution in [3.05, 3.63) is 65.0 Å². The van der Waals surface area contributed by atoms with Crippen LogP contribution in [0.1, 0.15) is 55.0 Å². The Morgan fingerprint density at radius 1 is 1.24 bits per heavy atom. The molecule has 1 atom stereocenters. The van der Waals surface area contributed by atoms with Crippen LogP contribution in [0.4, 0.5) is 24.5 Å². The van der Waals surface area contributed by atoms with Crippen molar-refractivity contribution in [2.24, 2.45) is 4.99 Å². The minimum atomic E-state index is -4.55. The molecule has 0 spiro atoms. The molecule has 172 valence electrons. The molecule has 2 aromatic carbocycles. The van der Waals surface area contributed by atoms with Gasteiger partial charge in [-0.1, -0.05) is 31.2 Å². The second-order valence-electron chi connectivity index (χ2n) is 7.89. The lowest BCUT2D eigenvalue weighted by Crippen LogP contribution is -2.16. The molecule has 0 saturated heterocycles. The summed E-state index contributed by atoms with van der Waals surface area (Å²) in [6.07, 6.45) is -2.69. The van der Waals surface area contributed by atoms with Gasteiger partial charge in [-0.05, 0) is 47.7 Å². The number of hydrogen-bond donors (Lipinski definition) is 2. The van der Waals surface area contributed by atoms with E-state index in [4.69, 9.17) is 0 Å². The molecule has 1 aliphatic rings. The van der Waals surface area contributed by atoms with E-state index in [1.807, 2.05) is 6.92 Å². The molecule has 0 saturated carbocycles. The SMILES string of the molecule is CCC(C)c1cc2c(cc1C(F)(F)F)NC(=O)CC(c1cccc(-n3nncc3CO)c1)=N2. The third-order valence-electron chi connectivity index (χ3n) is 5.68. The molecule has 0 fully saturated rings. The lowest BCUT2D eigenvalue weighted by Gasteiger charge is -2.19. The Balaban J connectivity index is 1.84. The van der Waals surface area contributed by atoms with Crippen molar-refractivity contribution in [1.29, 1.82) is 0 Å². The number of rotatable bonds is 5. The highest BCUT2D eigenvalue weighted by atomic mass is 19.4.